The zero-order valence-corrected chi connectivity index (χ0v) is 19.0. The van der Waals surface area contributed by atoms with E-state index >= 15 is 0 Å². The van der Waals surface area contributed by atoms with Crippen LogP contribution in [0.2, 0.25) is 0 Å². The highest BCUT2D eigenvalue weighted by Crippen LogP contribution is 2.25. The lowest BCUT2D eigenvalue weighted by molar-refractivity contribution is -0.113. The second-order valence-electron chi connectivity index (χ2n) is 7.14. The lowest BCUT2D eigenvalue weighted by atomic mass is 10.2. The number of anilines is 1. The number of ether oxygens (including phenoxy) is 1. The summed E-state index contributed by atoms with van der Waals surface area (Å²) < 4.78 is 21.4. The molecule has 1 heterocycles. The van der Waals surface area contributed by atoms with Gasteiger partial charge in [-0.25, -0.2) is 4.39 Å². The highest BCUT2D eigenvalue weighted by atomic mass is 32.2. The molecule has 0 aliphatic carbocycles. The molecule has 1 atom stereocenters. The van der Waals surface area contributed by atoms with Crippen LogP contribution >= 0.6 is 11.8 Å². The molecule has 8 heteroatoms. The van der Waals surface area contributed by atoms with E-state index < -0.39 is 0 Å². The molecular weight excluding hydrogens is 415 g/mol. The lowest BCUT2D eigenvalue weighted by Gasteiger charge is -2.16. The Balaban J connectivity index is 1.63. The number of hydrogen-bond donors (Lipinski definition) is 1. The van der Waals surface area contributed by atoms with Gasteiger partial charge in [-0.15, -0.1) is 10.2 Å². The van der Waals surface area contributed by atoms with Gasteiger partial charge in [-0.1, -0.05) is 36.9 Å². The van der Waals surface area contributed by atoms with E-state index in [1.165, 1.54) is 29.5 Å². The quantitative estimate of drug-likeness (QED) is 0.463. The monoisotopic (exact) mass is 442 g/mol. The number of thioether (sulfide) groups is 1. The van der Waals surface area contributed by atoms with Crippen molar-refractivity contribution in [2.45, 2.75) is 51.9 Å². The Morgan fingerprint density at radius 3 is 2.61 bits per heavy atom. The van der Waals surface area contributed by atoms with Crippen molar-refractivity contribution in [1.82, 2.24) is 14.8 Å². The third kappa shape index (κ3) is 5.85. The minimum Gasteiger partial charge on any atom is -0.483 e. The fourth-order valence-electron chi connectivity index (χ4n) is 3.11. The molecule has 0 radical (unpaired) electrons. The zero-order valence-electron chi connectivity index (χ0n) is 18.2. The Morgan fingerprint density at radius 2 is 1.94 bits per heavy atom. The smallest absolute Gasteiger partial charge is 0.234 e. The van der Waals surface area contributed by atoms with Crippen molar-refractivity contribution in [3.8, 4) is 5.75 Å². The molecule has 1 N–H and O–H groups in total. The largest absolute Gasteiger partial charge is 0.483 e. The fourth-order valence-corrected chi connectivity index (χ4v) is 3.92. The molecule has 1 aromatic heterocycles. The maximum atomic E-state index is 13.4. The average molecular weight is 443 g/mol. The second kappa shape index (κ2) is 10.4. The summed E-state index contributed by atoms with van der Waals surface area (Å²) in [5.41, 5.74) is 2.53. The van der Waals surface area contributed by atoms with Crippen molar-refractivity contribution in [3.63, 3.8) is 0 Å². The molecule has 0 unspecified atom stereocenters. The summed E-state index contributed by atoms with van der Waals surface area (Å²) in [6, 6.07) is 12.3. The van der Waals surface area contributed by atoms with Gasteiger partial charge in [0.25, 0.3) is 0 Å². The van der Waals surface area contributed by atoms with Crippen molar-refractivity contribution in [3.05, 3.63) is 65.2 Å². The van der Waals surface area contributed by atoms with Crippen molar-refractivity contribution in [1.29, 1.82) is 0 Å². The minimum absolute atomic E-state index is 0.141. The number of nitrogens with one attached hydrogen (secondary N) is 1. The molecule has 0 saturated heterocycles. The highest BCUT2D eigenvalue weighted by Gasteiger charge is 2.19. The van der Waals surface area contributed by atoms with E-state index in [9.17, 15) is 9.18 Å². The van der Waals surface area contributed by atoms with Gasteiger partial charge in [0.2, 0.25) is 5.91 Å². The molecule has 1 amide bonds. The van der Waals surface area contributed by atoms with Gasteiger partial charge in [0.05, 0.1) is 5.75 Å². The van der Waals surface area contributed by atoms with Crippen LogP contribution in [0.1, 0.15) is 43.8 Å². The van der Waals surface area contributed by atoms with Crippen LogP contribution in [0, 0.1) is 12.7 Å². The van der Waals surface area contributed by atoms with Crippen LogP contribution in [-0.4, -0.2) is 26.4 Å². The Morgan fingerprint density at radius 1 is 1.19 bits per heavy atom. The number of rotatable bonds is 9. The van der Waals surface area contributed by atoms with Gasteiger partial charge in [0.15, 0.2) is 17.1 Å². The van der Waals surface area contributed by atoms with Crippen molar-refractivity contribution in [2.75, 3.05) is 11.1 Å². The van der Waals surface area contributed by atoms with E-state index in [4.69, 9.17) is 4.74 Å². The molecule has 31 heavy (non-hydrogen) atoms. The van der Waals surface area contributed by atoms with Crippen LogP contribution in [0.5, 0.6) is 5.75 Å². The number of carbonyl (C=O) groups excluding carboxylic acids is 1. The molecule has 3 aromatic rings. The van der Waals surface area contributed by atoms with E-state index in [1.54, 1.807) is 6.07 Å². The molecule has 3 rings (SSSR count). The summed E-state index contributed by atoms with van der Waals surface area (Å²) in [6.45, 7) is 8.51. The molecule has 6 nitrogen and oxygen atoms in total. The van der Waals surface area contributed by atoms with Crippen LogP contribution in [0.3, 0.4) is 0 Å². The van der Waals surface area contributed by atoms with Crippen LogP contribution in [0.15, 0.2) is 47.6 Å². The number of hydrogen-bond acceptors (Lipinski definition) is 5. The summed E-state index contributed by atoms with van der Waals surface area (Å²) in [7, 11) is 0. The minimum atomic E-state index is -0.387. The topological polar surface area (TPSA) is 69.0 Å². The van der Waals surface area contributed by atoms with Crippen LogP contribution in [0.25, 0.3) is 0 Å². The SMILES string of the molecule is CCc1ccc(O[C@H](C)c2nnc(SCC(=O)Nc3cc(F)ccc3C)n2CC)cc1. The molecule has 0 aliphatic heterocycles. The molecule has 0 bridgehead atoms. The fraction of sp³-hybridized carbons (Fsp3) is 0.348. The standard InChI is InChI=1S/C23H27FN4O2S/c1-5-17-8-11-19(12-9-17)30-16(4)22-26-27-23(28(22)6-2)31-14-21(29)25-20-13-18(24)10-7-15(20)3/h7-13,16H,5-6,14H2,1-4H3,(H,25,29)/t16-/m1/s1. The summed E-state index contributed by atoms with van der Waals surface area (Å²) in [4.78, 5) is 12.3. The van der Waals surface area contributed by atoms with E-state index in [0.717, 1.165) is 17.7 Å². The first-order valence-corrected chi connectivity index (χ1v) is 11.3. The van der Waals surface area contributed by atoms with Crippen molar-refractivity contribution < 1.29 is 13.9 Å². The lowest BCUT2D eigenvalue weighted by Crippen LogP contribution is -2.16. The number of carbonyl (C=O) groups is 1. The van der Waals surface area contributed by atoms with E-state index in [0.29, 0.717) is 23.2 Å². The number of halogens is 1. The van der Waals surface area contributed by atoms with Crippen LogP contribution in [-0.2, 0) is 17.8 Å². The molecule has 0 aliphatic rings. The van der Waals surface area contributed by atoms with Gasteiger partial charge >= 0.3 is 0 Å². The molecule has 0 fully saturated rings. The van der Waals surface area contributed by atoms with Gasteiger partial charge in [-0.05, 0) is 62.6 Å². The maximum Gasteiger partial charge on any atom is 0.234 e. The molecule has 164 valence electrons. The number of nitrogens with zero attached hydrogens (tertiary/aromatic N) is 3. The van der Waals surface area contributed by atoms with Crippen LogP contribution in [0.4, 0.5) is 10.1 Å². The average Bonchev–Trinajstić information content (AvgIpc) is 3.18. The number of aromatic nitrogens is 3. The zero-order chi connectivity index (χ0) is 22.4. The Bertz CT molecular complexity index is 1040. The van der Waals surface area contributed by atoms with E-state index in [-0.39, 0.29) is 23.6 Å². The Hall–Kier alpha value is -2.87. The van der Waals surface area contributed by atoms with Gasteiger partial charge < -0.3 is 14.6 Å². The van der Waals surface area contributed by atoms with Gasteiger partial charge in [-0.2, -0.15) is 0 Å². The maximum absolute atomic E-state index is 13.4. The van der Waals surface area contributed by atoms with E-state index in [1.807, 2.05) is 49.6 Å². The third-order valence-electron chi connectivity index (χ3n) is 4.88. The Kier molecular flexibility index (Phi) is 7.68. The summed E-state index contributed by atoms with van der Waals surface area (Å²) in [5.74, 6) is 0.996. The predicted molar refractivity (Wildman–Crippen MR) is 121 cm³/mol. The van der Waals surface area contributed by atoms with Gasteiger partial charge in [0.1, 0.15) is 11.6 Å². The van der Waals surface area contributed by atoms with Gasteiger partial charge in [0, 0.05) is 12.2 Å². The molecular formula is C23H27FN4O2S. The van der Waals surface area contributed by atoms with Crippen molar-refractivity contribution >= 4 is 23.4 Å². The highest BCUT2D eigenvalue weighted by molar-refractivity contribution is 7.99. The first-order valence-electron chi connectivity index (χ1n) is 10.3. The first-order chi connectivity index (χ1) is 14.9. The van der Waals surface area contributed by atoms with E-state index in [2.05, 4.69) is 22.4 Å². The molecule has 0 spiro atoms. The normalized spacial score (nSPS) is 11.9. The molecule has 2 aromatic carbocycles. The molecule has 0 saturated carbocycles. The number of aryl methyl sites for hydroxylation is 2. The Labute approximate surface area is 186 Å². The van der Waals surface area contributed by atoms with Crippen molar-refractivity contribution in [2.24, 2.45) is 0 Å². The van der Waals surface area contributed by atoms with Crippen LogP contribution < -0.4 is 10.1 Å². The van der Waals surface area contributed by atoms with Gasteiger partial charge in [-0.3, -0.25) is 4.79 Å². The third-order valence-corrected chi connectivity index (χ3v) is 5.84. The predicted octanol–water partition coefficient (Wildman–Crippen LogP) is 5.18. The summed E-state index contributed by atoms with van der Waals surface area (Å²) >= 11 is 1.29. The number of amides is 1. The second-order valence-corrected chi connectivity index (χ2v) is 8.08. The summed E-state index contributed by atoms with van der Waals surface area (Å²) in [6.07, 6.45) is 0.686. The first kappa shape index (κ1) is 22.8. The summed E-state index contributed by atoms with van der Waals surface area (Å²) in [5, 5.41) is 11.9. The number of benzene rings is 2.